The van der Waals surface area contributed by atoms with E-state index in [-0.39, 0.29) is 0 Å². The molecule has 4 rings (SSSR count). The van der Waals surface area contributed by atoms with E-state index in [0.29, 0.717) is 0 Å². The van der Waals surface area contributed by atoms with Crippen LogP contribution in [0.4, 0.5) is 11.5 Å². The highest BCUT2D eigenvalue weighted by Gasteiger charge is 2.28. The van der Waals surface area contributed by atoms with E-state index in [4.69, 9.17) is 0 Å². The van der Waals surface area contributed by atoms with Gasteiger partial charge >= 0.3 is 0 Å². The first-order chi connectivity index (χ1) is 11.2. The van der Waals surface area contributed by atoms with Crippen molar-refractivity contribution >= 4 is 23.3 Å². The van der Waals surface area contributed by atoms with Crippen molar-refractivity contribution in [1.29, 1.82) is 0 Å². The molecule has 1 aromatic carbocycles. The lowest BCUT2D eigenvalue weighted by atomic mass is 10.0. The summed E-state index contributed by atoms with van der Waals surface area (Å²) < 4.78 is 2.18. The SMILES string of the molecule is Cc1ccc2c(c1-c1cccc[n+]1C)N(C)c1ncccc1S2. The molecule has 0 saturated heterocycles. The van der Waals surface area contributed by atoms with Gasteiger partial charge in [0.25, 0.3) is 0 Å². The molecule has 0 spiro atoms. The van der Waals surface area contributed by atoms with Crippen LogP contribution in [0.5, 0.6) is 0 Å². The monoisotopic (exact) mass is 320 g/mol. The first-order valence-electron chi connectivity index (χ1n) is 7.62. The van der Waals surface area contributed by atoms with Gasteiger partial charge in [-0.2, -0.15) is 0 Å². The topological polar surface area (TPSA) is 20.0 Å². The van der Waals surface area contributed by atoms with Crippen molar-refractivity contribution in [2.45, 2.75) is 16.7 Å². The number of aryl methyl sites for hydroxylation is 2. The Morgan fingerprint density at radius 1 is 1.04 bits per heavy atom. The number of fused-ring (bicyclic) bond motifs is 2. The zero-order valence-corrected chi connectivity index (χ0v) is 14.3. The zero-order chi connectivity index (χ0) is 16.0. The van der Waals surface area contributed by atoms with Crippen molar-refractivity contribution in [3.8, 4) is 11.3 Å². The minimum Gasteiger partial charge on any atom is -0.327 e. The van der Waals surface area contributed by atoms with E-state index in [1.807, 2.05) is 12.3 Å². The molecule has 0 bridgehead atoms. The largest absolute Gasteiger partial charge is 0.327 e. The Labute approximate surface area is 140 Å². The van der Waals surface area contributed by atoms with E-state index in [2.05, 4.69) is 78.1 Å². The van der Waals surface area contributed by atoms with E-state index in [0.717, 1.165) is 5.82 Å². The molecule has 4 heteroatoms. The second-order valence-corrected chi connectivity index (χ2v) is 6.87. The molecule has 3 nitrogen and oxygen atoms in total. The number of aromatic nitrogens is 2. The molecule has 3 aromatic rings. The average molecular weight is 320 g/mol. The first kappa shape index (κ1) is 14.3. The summed E-state index contributed by atoms with van der Waals surface area (Å²) in [6.45, 7) is 2.18. The minimum atomic E-state index is 1.02. The molecule has 0 radical (unpaired) electrons. The van der Waals surface area contributed by atoms with Gasteiger partial charge in [-0.25, -0.2) is 9.55 Å². The molecule has 2 aromatic heterocycles. The molecule has 1 aliphatic rings. The second kappa shape index (κ2) is 5.39. The summed E-state index contributed by atoms with van der Waals surface area (Å²) in [4.78, 5) is 9.28. The lowest BCUT2D eigenvalue weighted by Gasteiger charge is -2.30. The van der Waals surface area contributed by atoms with Crippen molar-refractivity contribution in [3.63, 3.8) is 0 Å². The van der Waals surface area contributed by atoms with Gasteiger partial charge in [-0.05, 0) is 36.8 Å². The summed E-state index contributed by atoms with van der Waals surface area (Å²) in [6, 6.07) is 14.9. The van der Waals surface area contributed by atoms with Crippen LogP contribution in [0.3, 0.4) is 0 Å². The maximum absolute atomic E-state index is 4.58. The molecule has 1 aliphatic heterocycles. The minimum absolute atomic E-state index is 1.02. The van der Waals surface area contributed by atoms with Crippen molar-refractivity contribution in [2.75, 3.05) is 11.9 Å². The fourth-order valence-corrected chi connectivity index (χ4v) is 4.27. The number of anilines is 2. The van der Waals surface area contributed by atoms with Gasteiger partial charge in [0.1, 0.15) is 12.9 Å². The summed E-state index contributed by atoms with van der Waals surface area (Å²) in [5.41, 5.74) is 5.01. The van der Waals surface area contributed by atoms with Crippen LogP contribution in [-0.4, -0.2) is 12.0 Å². The number of hydrogen-bond acceptors (Lipinski definition) is 3. The lowest BCUT2D eigenvalue weighted by molar-refractivity contribution is -0.660. The van der Waals surface area contributed by atoms with Crippen LogP contribution in [0.25, 0.3) is 11.3 Å². The molecule has 0 saturated carbocycles. The van der Waals surface area contributed by atoms with Gasteiger partial charge in [0.05, 0.1) is 16.1 Å². The van der Waals surface area contributed by atoms with Gasteiger partial charge in [-0.3, -0.25) is 0 Å². The normalized spacial score (nSPS) is 12.7. The Kier molecular flexibility index (Phi) is 3.34. The molecule has 0 N–H and O–H groups in total. The standard InChI is InChI=1S/C19H18N3S/c1-13-9-10-15-18(17(13)14-7-4-5-12-21(14)2)22(3)19-16(23-15)8-6-11-20-19/h4-12H,1-3H3/q+1. The molecule has 0 amide bonds. The summed E-state index contributed by atoms with van der Waals surface area (Å²) in [5.74, 6) is 1.02. The molecule has 0 aliphatic carbocycles. The van der Waals surface area contributed by atoms with E-state index < -0.39 is 0 Å². The third-order valence-electron chi connectivity index (χ3n) is 4.28. The van der Waals surface area contributed by atoms with Gasteiger partial charge in [-0.15, -0.1) is 0 Å². The fraction of sp³-hybridized carbons (Fsp3) is 0.158. The van der Waals surface area contributed by atoms with Crippen LogP contribution in [0.2, 0.25) is 0 Å². The van der Waals surface area contributed by atoms with Gasteiger partial charge < -0.3 is 4.90 Å². The molecule has 0 fully saturated rings. The second-order valence-electron chi connectivity index (χ2n) is 5.79. The van der Waals surface area contributed by atoms with Crippen LogP contribution in [0.15, 0.2) is 64.6 Å². The maximum atomic E-state index is 4.58. The molecule has 114 valence electrons. The zero-order valence-electron chi connectivity index (χ0n) is 13.4. The highest BCUT2D eigenvalue weighted by atomic mass is 32.2. The Balaban J connectivity index is 2.00. The number of benzene rings is 1. The van der Waals surface area contributed by atoms with Crippen LogP contribution in [0.1, 0.15) is 5.56 Å². The van der Waals surface area contributed by atoms with Crippen LogP contribution < -0.4 is 9.47 Å². The summed E-state index contributed by atoms with van der Waals surface area (Å²) in [6.07, 6.45) is 3.95. The Morgan fingerprint density at radius 2 is 1.91 bits per heavy atom. The fourth-order valence-electron chi connectivity index (χ4n) is 3.13. The van der Waals surface area contributed by atoms with Crippen LogP contribution in [0, 0.1) is 6.92 Å². The third kappa shape index (κ3) is 2.21. The molecular formula is C19H18N3S+. The van der Waals surface area contributed by atoms with Crippen molar-refractivity contribution in [3.05, 3.63) is 60.4 Å². The summed E-state index contributed by atoms with van der Waals surface area (Å²) >= 11 is 1.80. The molecule has 23 heavy (non-hydrogen) atoms. The highest BCUT2D eigenvalue weighted by molar-refractivity contribution is 7.99. The number of pyridine rings is 2. The number of hydrogen-bond donors (Lipinski definition) is 0. The Bertz CT molecular complexity index is 905. The quantitative estimate of drug-likeness (QED) is 0.629. The predicted octanol–water partition coefficient (Wildman–Crippen LogP) is 4.11. The third-order valence-corrected chi connectivity index (χ3v) is 5.37. The molecule has 0 unspecified atom stereocenters. The van der Waals surface area contributed by atoms with E-state index in [9.17, 15) is 0 Å². The Hall–Kier alpha value is -2.33. The van der Waals surface area contributed by atoms with Gasteiger partial charge in [0.15, 0.2) is 6.20 Å². The number of nitrogens with zero attached hydrogens (tertiary/aromatic N) is 3. The highest BCUT2D eigenvalue weighted by Crippen LogP contribution is 2.50. The van der Waals surface area contributed by atoms with Gasteiger partial charge in [-0.1, -0.05) is 17.8 Å². The van der Waals surface area contributed by atoms with Crippen LogP contribution >= 0.6 is 11.8 Å². The lowest BCUT2D eigenvalue weighted by Crippen LogP contribution is -2.31. The summed E-state index contributed by atoms with van der Waals surface area (Å²) in [5, 5.41) is 0. The van der Waals surface area contributed by atoms with Crippen molar-refractivity contribution < 1.29 is 4.57 Å². The van der Waals surface area contributed by atoms with E-state index >= 15 is 0 Å². The van der Waals surface area contributed by atoms with E-state index in [1.165, 1.54) is 32.3 Å². The van der Waals surface area contributed by atoms with E-state index in [1.54, 1.807) is 11.8 Å². The summed E-state index contributed by atoms with van der Waals surface area (Å²) in [7, 11) is 4.20. The molecule has 0 atom stereocenters. The first-order valence-corrected chi connectivity index (χ1v) is 8.43. The molecular weight excluding hydrogens is 302 g/mol. The molecule has 3 heterocycles. The average Bonchev–Trinajstić information content (AvgIpc) is 2.57. The van der Waals surface area contributed by atoms with Crippen molar-refractivity contribution in [1.82, 2.24) is 4.98 Å². The van der Waals surface area contributed by atoms with Gasteiger partial charge in [0, 0.05) is 30.3 Å². The van der Waals surface area contributed by atoms with Crippen LogP contribution in [-0.2, 0) is 7.05 Å². The Morgan fingerprint density at radius 3 is 2.74 bits per heavy atom. The number of rotatable bonds is 1. The van der Waals surface area contributed by atoms with Gasteiger partial charge in [0.2, 0.25) is 5.69 Å². The maximum Gasteiger partial charge on any atom is 0.214 e. The predicted molar refractivity (Wildman–Crippen MR) is 94.2 cm³/mol. The van der Waals surface area contributed by atoms with Crippen molar-refractivity contribution in [2.24, 2.45) is 7.05 Å². The smallest absolute Gasteiger partial charge is 0.214 e.